The van der Waals surface area contributed by atoms with E-state index in [2.05, 4.69) is 10.4 Å². The third kappa shape index (κ3) is 3.44. The Kier molecular flexibility index (Phi) is 5.16. The number of nitrogens with zero attached hydrogens (tertiary/aromatic N) is 2. The van der Waals surface area contributed by atoms with Crippen LogP contribution in [0.1, 0.15) is 41.4 Å². The van der Waals surface area contributed by atoms with Crippen molar-refractivity contribution in [3.63, 3.8) is 0 Å². The average Bonchev–Trinajstić information content (AvgIpc) is 2.73. The molecule has 2 aromatic rings. The van der Waals surface area contributed by atoms with E-state index in [9.17, 15) is 4.39 Å². The smallest absolute Gasteiger partial charge is 0.124 e. The van der Waals surface area contributed by atoms with Gasteiger partial charge in [-0.1, -0.05) is 0 Å². The zero-order valence-electron chi connectivity index (χ0n) is 14.2. The van der Waals surface area contributed by atoms with Gasteiger partial charge in [-0.3, -0.25) is 4.68 Å². The molecule has 1 aromatic carbocycles. The summed E-state index contributed by atoms with van der Waals surface area (Å²) in [5.74, 6) is 0.519. The van der Waals surface area contributed by atoms with E-state index in [4.69, 9.17) is 9.84 Å². The summed E-state index contributed by atoms with van der Waals surface area (Å²) in [4.78, 5) is 0. The van der Waals surface area contributed by atoms with Crippen LogP contribution in [0.3, 0.4) is 0 Å². The summed E-state index contributed by atoms with van der Waals surface area (Å²) in [6.45, 7) is 5.87. The summed E-state index contributed by atoms with van der Waals surface area (Å²) in [7, 11) is 0. The quantitative estimate of drug-likeness (QED) is 0.883. The first kappa shape index (κ1) is 16.9. The van der Waals surface area contributed by atoms with Crippen LogP contribution in [0.4, 0.5) is 4.39 Å². The fourth-order valence-corrected chi connectivity index (χ4v) is 3.29. The summed E-state index contributed by atoms with van der Waals surface area (Å²) in [6, 6.07) is 4.76. The lowest BCUT2D eigenvalue weighted by atomic mass is 10.0. The molecule has 2 N–H and O–H groups in total. The lowest BCUT2D eigenvalue weighted by Crippen LogP contribution is -2.21. The molecule has 1 atom stereocenters. The highest BCUT2D eigenvalue weighted by Crippen LogP contribution is 2.32. The van der Waals surface area contributed by atoms with Gasteiger partial charge in [0.1, 0.15) is 11.6 Å². The Morgan fingerprint density at radius 3 is 3.04 bits per heavy atom. The molecular formula is C18H24FN3O2. The molecule has 0 amide bonds. The summed E-state index contributed by atoms with van der Waals surface area (Å²) >= 11 is 0. The first-order valence-electron chi connectivity index (χ1n) is 8.39. The van der Waals surface area contributed by atoms with Crippen LogP contribution >= 0.6 is 0 Å². The molecule has 0 spiro atoms. The van der Waals surface area contributed by atoms with Crippen LogP contribution in [0, 0.1) is 19.7 Å². The van der Waals surface area contributed by atoms with E-state index in [-0.39, 0.29) is 18.5 Å². The molecule has 5 nitrogen and oxygen atoms in total. The van der Waals surface area contributed by atoms with Gasteiger partial charge in [0.2, 0.25) is 0 Å². The molecule has 0 bridgehead atoms. The molecule has 24 heavy (non-hydrogen) atoms. The SMILES string of the molecule is Cc1nn(CCO)c(C)c1CNC1CCCOc2ccc(F)cc21. The highest BCUT2D eigenvalue weighted by Gasteiger charge is 2.21. The second-order valence-electron chi connectivity index (χ2n) is 6.20. The first-order chi connectivity index (χ1) is 11.6. The summed E-state index contributed by atoms with van der Waals surface area (Å²) in [5, 5.41) is 17.1. The molecule has 3 rings (SSSR count). The first-order valence-corrected chi connectivity index (χ1v) is 8.39. The number of aromatic nitrogens is 2. The number of fused-ring (bicyclic) bond motifs is 1. The van der Waals surface area contributed by atoms with Crippen LogP contribution in [0.25, 0.3) is 0 Å². The Balaban J connectivity index is 1.79. The van der Waals surface area contributed by atoms with Gasteiger partial charge in [0.15, 0.2) is 0 Å². The van der Waals surface area contributed by atoms with E-state index in [1.165, 1.54) is 6.07 Å². The second kappa shape index (κ2) is 7.32. The van der Waals surface area contributed by atoms with Gasteiger partial charge in [0.05, 0.1) is 25.5 Å². The van der Waals surface area contributed by atoms with E-state index in [1.807, 2.05) is 18.5 Å². The van der Waals surface area contributed by atoms with Crippen molar-refractivity contribution in [1.29, 1.82) is 0 Å². The zero-order chi connectivity index (χ0) is 17.1. The average molecular weight is 333 g/mol. The molecule has 0 saturated heterocycles. The standard InChI is InChI=1S/C18H24FN3O2/c1-12-16(13(2)22(21-12)7-8-23)11-20-17-4-3-9-24-18-6-5-14(19)10-15(17)18/h5-6,10,17,20,23H,3-4,7-9,11H2,1-2H3. The number of ether oxygens (including phenoxy) is 1. The maximum Gasteiger partial charge on any atom is 0.124 e. The highest BCUT2D eigenvalue weighted by molar-refractivity contribution is 5.37. The Hall–Kier alpha value is -1.92. The lowest BCUT2D eigenvalue weighted by Gasteiger charge is -2.19. The zero-order valence-corrected chi connectivity index (χ0v) is 14.2. The largest absolute Gasteiger partial charge is 0.493 e. The van der Waals surface area contributed by atoms with Gasteiger partial charge in [-0.2, -0.15) is 5.10 Å². The van der Waals surface area contributed by atoms with Gasteiger partial charge in [-0.15, -0.1) is 0 Å². The summed E-state index contributed by atoms with van der Waals surface area (Å²) in [5.41, 5.74) is 4.02. The Bertz CT molecular complexity index is 715. The number of benzene rings is 1. The number of aryl methyl sites for hydroxylation is 1. The number of hydrogen-bond donors (Lipinski definition) is 2. The molecule has 1 aliphatic rings. The van der Waals surface area contributed by atoms with Crippen molar-refractivity contribution in [1.82, 2.24) is 15.1 Å². The minimum Gasteiger partial charge on any atom is -0.493 e. The molecule has 0 fully saturated rings. The molecule has 6 heteroatoms. The van der Waals surface area contributed by atoms with Crippen molar-refractivity contribution in [3.05, 3.63) is 46.5 Å². The maximum absolute atomic E-state index is 13.7. The van der Waals surface area contributed by atoms with Gasteiger partial charge < -0.3 is 15.2 Å². The van der Waals surface area contributed by atoms with Crippen LogP contribution in [-0.2, 0) is 13.1 Å². The van der Waals surface area contributed by atoms with E-state index in [1.54, 1.807) is 12.1 Å². The Labute approximate surface area is 141 Å². The van der Waals surface area contributed by atoms with E-state index in [0.717, 1.165) is 41.1 Å². The van der Waals surface area contributed by atoms with Crippen LogP contribution in [-0.4, -0.2) is 28.1 Å². The van der Waals surface area contributed by atoms with Crippen LogP contribution < -0.4 is 10.1 Å². The Morgan fingerprint density at radius 1 is 1.42 bits per heavy atom. The van der Waals surface area contributed by atoms with Crippen LogP contribution in [0.5, 0.6) is 5.75 Å². The summed E-state index contributed by atoms with van der Waals surface area (Å²) < 4.78 is 21.2. The molecule has 2 heterocycles. The fraction of sp³-hybridized carbons (Fsp3) is 0.500. The van der Waals surface area contributed by atoms with Gasteiger partial charge in [-0.05, 0) is 44.9 Å². The van der Waals surface area contributed by atoms with Crippen molar-refractivity contribution < 1.29 is 14.2 Å². The van der Waals surface area contributed by atoms with Crippen molar-refractivity contribution >= 4 is 0 Å². The van der Waals surface area contributed by atoms with Gasteiger partial charge in [0.25, 0.3) is 0 Å². The van der Waals surface area contributed by atoms with Crippen molar-refractivity contribution in [2.75, 3.05) is 13.2 Å². The van der Waals surface area contributed by atoms with Crippen LogP contribution in [0.2, 0.25) is 0 Å². The molecule has 130 valence electrons. The number of hydrogen-bond acceptors (Lipinski definition) is 4. The van der Waals surface area contributed by atoms with Crippen molar-refractivity contribution in [3.8, 4) is 5.75 Å². The number of aliphatic hydroxyl groups excluding tert-OH is 1. The minimum atomic E-state index is -0.242. The minimum absolute atomic E-state index is 0.0539. The predicted octanol–water partition coefficient (Wildman–Crippen LogP) is 2.63. The topological polar surface area (TPSA) is 59.3 Å². The molecule has 1 unspecified atom stereocenters. The van der Waals surface area contributed by atoms with E-state index < -0.39 is 0 Å². The van der Waals surface area contributed by atoms with E-state index >= 15 is 0 Å². The van der Waals surface area contributed by atoms with Gasteiger partial charge >= 0.3 is 0 Å². The van der Waals surface area contributed by atoms with Crippen molar-refractivity contribution in [2.24, 2.45) is 0 Å². The molecule has 1 aliphatic heterocycles. The Morgan fingerprint density at radius 2 is 2.25 bits per heavy atom. The van der Waals surface area contributed by atoms with Crippen molar-refractivity contribution in [2.45, 2.75) is 45.8 Å². The number of aliphatic hydroxyl groups is 1. The molecule has 0 aliphatic carbocycles. The van der Waals surface area contributed by atoms with Gasteiger partial charge in [0, 0.05) is 29.4 Å². The molecule has 0 saturated carbocycles. The van der Waals surface area contributed by atoms with Gasteiger partial charge in [-0.25, -0.2) is 4.39 Å². The normalized spacial score (nSPS) is 17.2. The third-order valence-corrected chi connectivity index (χ3v) is 4.61. The molecule has 0 radical (unpaired) electrons. The summed E-state index contributed by atoms with van der Waals surface area (Å²) in [6.07, 6.45) is 1.83. The maximum atomic E-state index is 13.7. The fourth-order valence-electron chi connectivity index (χ4n) is 3.29. The number of halogens is 1. The highest BCUT2D eigenvalue weighted by atomic mass is 19.1. The molecule has 1 aromatic heterocycles. The van der Waals surface area contributed by atoms with E-state index in [0.29, 0.717) is 19.7 Å². The predicted molar refractivity (Wildman–Crippen MR) is 89.5 cm³/mol. The van der Waals surface area contributed by atoms with Crippen LogP contribution in [0.15, 0.2) is 18.2 Å². The number of rotatable bonds is 5. The second-order valence-corrected chi connectivity index (χ2v) is 6.20. The molecular weight excluding hydrogens is 309 g/mol. The number of nitrogens with one attached hydrogen (secondary N) is 1. The third-order valence-electron chi connectivity index (χ3n) is 4.61. The monoisotopic (exact) mass is 333 g/mol. The lowest BCUT2D eigenvalue weighted by molar-refractivity contribution is 0.267.